The van der Waals surface area contributed by atoms with Crippen molar-refractivity contribution >= 4 is 6.03 Å². The van der Waals surface area contributed by atoms with Crippen LogP contribution < -0.4 is 5.32 Å². The molecule has 0 aliphatic carbocycles. The van der Waals surface area contributed by atoms with Gasteiger partial charge in [0.1, 0.15) is 0 Å². The minimum atomic E-state index is 0.184. The molecule has 4 heterocycles. The Kier molecular flexibility index (Phi) is 3.23. The molecule has 1 atom stereocenters. The third-order valence-corrected chi connectivity index (χ3v) is 4.61. The predicted octanol–water partition coefficient (Wildman–Crippen LogP) is 1.28. The van der Waals surface area contributed by atoms with E-state index >= 15 is 0 Å². The summed E-state index contributed by atoms with van der Waals surface area (Å²) in [5.41, 5.74) is 0. The fraction of sp³-hybridized carbons (Fsp3) is 0.923. The summed E-state index contributed by atoms with van der Waals surface area (Å²) in [5, 5.41) is 3.27. The zero-order valence-corrected chi connectivity index (χ0v) is 10.5. The van der Waals surface area contributed by atoms with E-state index < -0.39 is 0 Å². The van der Waals surface area contributed by atoms with Crippen LogP contribution in [0.15, 0.2) is 0 Å². The first kappa shape index (κ1) is 11.3. The van der Waals surface area contributed by atoms with E-state index in [-0.39, 0.29) is 6.03 Å². The van der Waals surface area contributed by atoms with E-state index in [1.165, 1.54) is 45.2 Å². The number of amides is 2. The molecule has 4 heteroatoms. The number of rotatable bonds is 1. The Labute approximate surface area is 103 Å². The monoisotopic (exact) mass is 237 g/mol. The zero-order chi connectivity index (χ0) is 11.7. The smallest absolute Gasteiger partial charge is 0.317 e. The molecule has 0 spiro atoms. The lowest BCUT2D eigenvalue weighted by atomic mass is 9.84. The van der Waals surface area contributed by atoms with Crippen molar-refractivity contribution in [2.24, 2.45) is 5.92 Å². The van der Waals surface area contributed by atoms with Crippen molar-refractivity contribution in [3.8, 4) is 0 Å². The molecule has 4 nitrogen and oxygen atoms in total. The second-order valence-corrected chi connectivity index (χ2v) is 5.74. The van der Waals surface area contributed by atoms with Gasteiger partial charge in [-0.25, -0.2) is 4.79 Å². The lowest BCUT2D eigenvalue weighted by Gasteiger charge is -2.45. The second-order valence-electron chi connectivity index (χ2n) is 5.74. The van der Waals surface area contributed by atoms with E-state index in [2.05, 4.69) is 10.2 Å². The Bertz CT molecular complexity index is 280. The Balaban J connectivity index is 1.54. The van der Waals surface area contributed by atoms with E-state index in [0.717, 1.165) is 25.6 Å². The molecule has 1 N–H and O–H groups in total. The summed E-state index contributed by atoms with van der Waals surface area (Å²) < 4.78 is 0. The van der Waals surface area contributed by atoms with Crippen molar-refractivity contribution in [3.05, 3.63) is 0 Å². The first-order valence-electron chi connectivity index (χ1n) is 7.11. The SMILES string of the molecule is O=C(NC1CN2CCC1CC2)N1CCCCC1. The van der Waals surface area contributed by atoms with Gasteiger partial charge >= 0.3 is 6.03 Å². The van der Waals surface area contributed by atoms with E-state index in [9.17, 15) is 4.79 Å². The summed E-state index contributed by atoms with van der Waals surface area (Å²) in [7, 11) is 0. The van der Waals surface area contributed by atoms with Crippen LogP contribution >= 0.6 is 0 Å². The highest BCUT2D eigenvalue weighted by atomic mass is 16.2. The van der Waals surface area contributed by atoms with Crippen LogP contribution in [-0.2, 0) is 0 Å². The summed E-state index contributed by atoms with van der Waals surface area (Å²) in [6.07, 6.45) is 6.17. The van der Waals surface area contributed by atoms with Gasteiger partial charge in [-0.1, -0.05) is 0 Å². The van der Waals surface area contributed by atoms with Crippen molar-refractivity contribution in [2.75, 3.05) is 32.7 Å². The maximum absolute atomic E-state index is 12.1. The molecule has 0 aromatic heterocycles. The van der Waals surface area contributed by atoms with Gasteiger partial charge in [-0.2, -0.15) is 0 Å². The van der Waals surface area contributed by atoms with E-state index in [4.69, 9.17) is 0 Å². The first-order valence-corrected chi connectivity index (χ1v) is 7.11. The number of likely N-dealkylation sites (tertiary alicyclic amines) is 1. The van der Waals surface area contributed by atoms with Gasteiger partial charge < -0.3 is 15.1 Å². The number of piperidine rings is 4. The summed E-state index contributed by atoms with van der Waals surface area (Å²) in [5.74, 6) is 0.730. The van der Waals surface area contributed by atoms with Gasteiger partial charge in [0.05, 0.1) is 0 Å². The van der Waals surface area contributed by atoms with Crippen LogP contribution in [0.3, 0.4) is 0 Å². The quantitative estimate of drug-likeness (QED) is 0.745. The molecule has 4 saturated heterocycles. The van der Waals surface area contributed by atoms with Gasteiger partial charge in [0.15, 0.2) is 0 Å². The van der Waals surface area contributed by atoms with Crippen LogP contribution in [-0.4, -0.2) is 54.6 Å². The molecule has 0 aromatic carbocycles. The van der Waals surface area contributed by atoms with Crippen LogP contribution in [0.2, 0.25) is 0 Å². The van der Waals surface area contributed by atoms with E-state index in [1.54, 1.807) is 0 Å². The van der Waals surface area contributed by atoms with Crippen LogP contribution in [0.5, 0.6) is 0 Å². The lowest BCUT2D eigenvalue weighted by Crippen LogP contribution is -2.59. The first-order chi connectivity index (χ1) is 8.33. The summed E-state index contributed by atoms with van der Waals surface area (Å²) in [6, 6.07) is 0.593. The molecule has 4 aliphatic rings. The van der Waals surface area contributed by atoms with Crippen LogP contribution in [0, 0.1) is 5.92 Å². The molecule has 4 fully saturated rings. The molecule has 2 bridgehead atoms. The highest BCUT2D eigenvalue weighted by molar-refractivity contribution is 5.74. The van der Waals surface area contributed by atoms with Crippen LogP contribution in [0.4, 0.5) is 4.79 Å². The maximum atomic E-state index is 12.1. The van der Waals surface area contributed by atoms with E-state index in [0.29, 0.717) is 6.04 Å². The molecule has 2 amide bonds. The summed E-state index contributed by atoms with van der Waals surface area (Å²) in [4.78, 5) is 16.6. The van der Waals surface area contributed by atoms with Gasteiger partial charge in [-0.05, 0) is 51.1 Å². The predicted molar refractivity (Wildman–Crippen MR) is 66.9 cm³/mol. The van der Waals surface area contributed by atoms with Gasteiger partial charge in [-0.3, -0.25) is 0 Å². The van der Waals surface area contributed by atoms with Crippen molar-refractivity contribution in [2.45, 2.75) is 38.1 Å². The second kappa shape index (κ2) is 4.84. The third-order valence-electron chi connectivity index (χ3n) is 4.61. The van der Waals surface area contributed by atoms with E-state index in [1.807, 2.05) is 4.90 Å². The largest absolute Gasteiger partial charge is 0.334 e. The minimum Gasteiger partial charge on any atom is -0.334 e. The number of hydrogen-bond acceptors (Lipinski definition) is 2. The highest BCUT2D eigenvalue weighted by Crippen LogP contribution is 2.27. The number of carbonyl (C=O) groups is 1. The fourth-order valence-electron chi connectivity index (χ4n) is 3.48. The normalized spacial score (nSPS) is 36.9. The number of carbonyl (C=O) groups excluding carboxylic acids is 1. The number of nitrogens with one attached hydrogen (secondary N) is 1. The average molecular weight is 237 g/mol. The Morgan fingerprint density at radius 1 is 1.00 bits per heavy atom. The highest BCUT2D eigenvalue weighted by Gasteiger charge is 2.35. The molecule has 4 aliphatic heterocycles. The number of hydrogen-bond donors (Lipinski definition) is 1. The molecule has 4 rings (SSSR count). The molecular weight excluding hydrogens is 214 g/mol. The van der Waals surface area contributed by atoms with Crippen LogP contribution in [0.25, 0.3) is 0 Å². The molecule has 0 radical (unpaired) electrons. The minimum absolute atomic E-state index is 0.184. The molecule has 1 unspecified atom stereocenters. The lowest BCUT2D eigenvalue weighted by molar-refractivity contribution is 0.0722. The Morgan fingerprint density at radius 2 is 1.71 bits per heavy atom. The number of fused-ring (bicyclic) bond motifs is 3. The summed E-state index contributed by atoms with van der Waals surface area (Å²) >= 11 is 0. The number of urea groups is 1. The zero-order valence-electron chi connectivity index (χ0n) is 10.5. The van der Waals surface area contributed by atoms with Crippen molar-refractivity contribution in [1.82, 2.24) is 15.1 Å². The van der Waals surface area contributed by atoms with Crippen molar-refractivity contribution in [1.29, 1.82) is 0 Å². The Hall–Kier alpha value is -0.770. The van der Waals surface area contributed by atoms with Gasteiger partial charge in [0.2, 0.25) is 0 Å². The summed E-state index contributed by atoms with van der Waals surface area (Å²) in [6.45, 7) is 5.45. The topological polar surface area (TPSA) is 35.6 Å². The molecule has 0 saturated carbocycles. The van der Waals surface area contributed by atoms with Gasteiger partial charge in [0, 0.05) is 25.7 Å². The standard InChI is InChI=1S/C13H23N3O/c17-13(16-6-2-1-3-7-16)14-12-10-15-8-4-11(12)5-9-15/h11-12H,1-10H2,(H,14,17). The maximum Gasteiger partial charge on any atom is 0.317 e. The number of nitrogens with zero attached hydrogens (tertiary/aromatic N) is 2. The fourth-order valence-corrected chi connectivity index (χ4v) is 3.48. The Morgan fingerprint density at radius 3 is 2.29 bits per heavy atom. The van der Waals surface area contributed by atoms with Crippen molar-refractivity contribution < 1.29 is 4.79 Å². The average Bonchev–Trinajstić information content (AvgIpc) is 2.41. The molecule has 96 valence electrons. The molecule has 17 heavy (non-hydrogen) atoms. The van der Waals surface area contributed by atoms with Crippen LogP contribution in [0.1, 0.15) is 32.1 Å². The third kappa shape index (κ3) is 2.41. The van der Waals surface area contributed by atoms with Crippen molar-refractivity contribution in [3.63, 3.8) is 0 Å². The van der Waals surface area contributed by atoms with Gasteiger partial charge in [0.25, 0.3) is 0 Å². The molecule has 0 aromatic rings. The molecular formula is C13H23N3O. The van der Waals surface area contributed by atoms with Gasteiger partial charge in [-0.15, -0.1) is 0 Å².